The summed E-state index contributed by atoms with van der Waals surface area (Å²) >= 11 is 0. The Morgan fingerprint density at radius 3 is 2.55 bits per heavy atom. The molecular formula is C11H19. The minimum Gasteiger partial charge on any atom is -0.0877 e. The number of rotatable bonds is 6. The molecule has 0 heterocycles. The van der Waals surface area contributed by atoms with Crippen LogP contribution in [0.25, 0.3) is 0 Å². The van der Waals surface area contributed by atoms with Crippen LogP contribution in [0.1, 0.15) is 39.0 Å². The molecule has 0 heteroatoms. The highest BCUT2D eigenvalue weighted by atomic mass is 13.9. The average molecular weight is 151 g/mol. The normalized spacial score (nSPS) is 11.8. The van der Waals surface area contributed by atoms with Crippen molar-refractivity contribution in [2.75, 3.05) is 0 Å². The zero-order valence-electron chi connectivity index (χ0n) is 7.55. The molecule has 0 aliphatic rings. The second-order valence-corrected chi connectivity index (χ2v) is 2.66. The number of hydrogen-bond acceptors (Lipinski definition) is 0. The van der Waals surface area contributed by atoms with Gasteiger partial charge in [0.15, 0.2) is 0 Å². The Bertz CT molecular complexity index is 109. The number of allylic oxidation sites excluding steroid dienone is 4. The predicted molar refractivity (Wildman–Crippen MR) is 52.4 cm³/mol. The molecule has 1 radical (unpaired) electrons. The molecule has 0 bridgehead atoms. The number of hydrogen-bond donors (Lipinski definition) is 0. The Labute approximate surface area is 71.0 Å². The highest BCUT2D eigenvalue weighted by Crippen LogP contribution is 2.02. The molecule has 0 rings (SSSR count). The number of unbranched alkanes of at least 4 members (excludes halogenated alkanes) is 4. The standard InChI is InChI=1S/C11H19/c1-3-5-7-9-11-10-8-6-4-2/h4,6,8,10H,1,3,5,7,9,11H2,2H3. The van der Waals surface area contributed by atoms with E-state index in [1.165, 1.54) is 25.7 Å². The molecule has 0 spiro atoms. The van der Waals surface area contributed by atoms with Gasteiger partial charge in [-0.15, -0.1) is 0 Å². The monoisotopic (exact) mass is 151 g/mol. The van der Waals surface area contributed by atoms with Gasteiger partial charge in [0.05, 0.1) is 0 Å². The van der Waals surface area contributed by atoms with Gasteiger partial charge in [0.1, 0.15) is 0 Å². The molecule has 0 unspecified atom stereocenters. The molecule has 0 aromatic carbocycles. The second kappa shape index (κ2) is 9.48. The lowest BCUT2D eigenvalue weighted by atomic mass is 10.1. The van der Waals surface area contributed by atoms with E-state index in [1.54, 1.807) is 0 Å². The maximum absolute atomic E-state index is 3.80. The minimum atomic E-state index is 1.08. The summed E-state index contributed by atoms with van der Waals surface area (Å²) < 4.78 is 0. The van der Waals surface area contributed by atoms with E-state index in [9.17, 15) is 0 Å². The van der Waals surface area contributed by atoms with Crippen LogP contribution in [-0.2, 0) is 0 Å². The van der Waals surface area contributed by atoms with Crippen LogP contribution in [0, 0.1) is 6.92 Å². The third kappa shape index (κ3) is 9.48. The van der Waals surface area contributed by atoms with E-state index in [0.29, 0.717) is 0 Å². The lowest BCUT2D eigenvalue weighted by Crippen LogP contribution is -1.73. The maximum Gasteiger partial charge on any atom is -0.0348 e. The van der Waals surface area contributed by atoms with Crippen LogP contribution < -0.4 is 0 Å². The summed E-state index contributed by atoms with van der Waals surface area (Å²) in [6.07, 6.45) is 14.7. The zero-order valence-corrected chi connectivity index (χ0v) is 7.55. The van der Waals surface area contributed by atoms with Gasteiger partial charge in [0.2, 0.25) is 0 Å². The van der Waals surface area contributed by atoms with Gasteiger partial charge >= 0.3 is 0 Å². The molecule has 0 aromatic heterocycles. The van der Waals surface area contributed by atoms with Crippen molar-refractivity contribution in [3.63, 3.8) is 0 Å². The van der Waals surface area contributed by atoms with Gasteiger partial charge in [0, 0.05) is 0 Å². The van der Waals surface area contributed by atoms with Crippen molar-refractivity contribution in [2.45, 2.75) is 39.0 Å². The Morgan fingerprint density at radius 1 is 1.09 bits per heavy atom. The molecule has 0 aliphatic carbocycles. The van der Waals surface area contributed by atoms with Crippen LogP contribution in [0.15, 0.2) is 24.3 Å². The van der Waals surface area contributed by atoms with Gasteiger partial charge in [-0.2, -0.15) is 0 Å². The van der Waals surface area contributed by atoms with Gasteiger partial charge in [-0.1, -0.05) is 50.5 Å². The Balaban J connectivity index is 3.01. The zero-order chi connectivity index (χ0) is 8.36. The lowest BCUT2D eigenvalue weighted by molar-refractivity contribution is 0.695. The molecule has 63 valence electrons. The van der Waals surface area contributed by atoms with E-state index in [-0.39, 0.29) is 0 Å². The molecule has 0 aromatic rings. The smallest absolute Gasteiger partial charge is 0.0348 e. The first-order chi connectivity index (χ1) is 5.41. The highest BCUT2D eigenvalue weighted by molar-refractivity contribution is 5.00. The fraction of sp³-hybridized carbons (Fsp3) is 0.545. The van der Waals surface area contributed by atoms with Crippen LogP contribution in [0.5, 0.6) is 0 Å². The van der Waals surface area contributed by atoms with E-state index >= 15 is 0 Å². The van der Waals surface area contributed by atoms with Gasteiger partial charge < -0.3 is 0 Å². The van der Waals surface area contributed by atoms with Gasteiger partial charge in [0.25, 0.3) is 0 Å². The average Bonchev–Trinajstić information content (AvgIpc) is 2.03. The van der Waals surface area contributed by atoms with Gasteiger partial charge in [-0.05, 0) is 19.8 Å². The molecule has 0 N–H and O–H groups in total. The van der Waals surface area contributed by atoms with E-state index < -0.39 is 0 Å². The highest BCUT2D eigenvalue weighted by Gasteiger charge is 1.82. The van der Waals surface area contributed by atoms with Gasteiger partial charge in [-0.25, -0.2) is 0 Å². The molecule has 11 heavy (non-hydrogen) atoms. The van der Waals surface area contributed by atoms with Crippen molar-refractivity contribution < 1.29 is 0 Å². The molecule has 0 atom stereocenters. The van der Waals surface area contributed by atoms with E-state index in [0.717, 1.165) is 6.42 Å². The molecule has 0 saturated carbocycles. The van der Waals surface area contributed by atoms with Crippen molar-refractivity contribution >= 4 is 0 Å². The summed E-state index contributed by atoms with van der Waals surface area (Å²) in [5.41, 5.74) is 0. The first kappa shape index (κ1) is 10.5. The van der Waals surface area contributed by atoms with Crippen LogP contribution in [0.4, 0.5) is 0 Å². The minimum absolute atomic E-state index is 1.08. The lowest BCUT2D eigenvalue weighted by Gasteiger charge is -1.92. The summed E-state index contributed by atoms with van der Waals surface area (Å²) in [5.74, 6) is 0. The topological polar surface area (TPSA) is 0 Å². The fourth-order valence-corrected chi connectivity index (χ4v) is 0.902. The Morgan fingerprint density at radius 2 is 1.91 bits per heavy atom. The summed E-state index contributed by atoms with van der Waals surface area (Å²) in [5, 5.41) is 0. The van der Waals surface area contributed by atoms with Crippen LogP contribution in [0.3, 0.4) is 0 Å². The quantitative estimate of drug-likeness (QED) is 0.399. The molecule has 0 saturated heterocycles. The van der Waals surface area contributed by atoms with Crippen LogP contribution in [-0.4, -0.2) is 0 Å². The van der Waals surface area contributed by atoms with Crippen LogP contribution in [0.2, 0.25) is 0 Å². The van der Waals surface area contributed by atoms with Crippen LogP contribution >= 0.6 is 0 Å². The molecular weight excluding hydrogens is 132 g/mol. The SMILES string of the molecule is [CH2]CCCCCC=CC=CC. The summed E-state index contributed by atoms with van der Waals surface area (Å²) in [4.78, 5) is 0. The summed E-state index contributed by atoms with van der Waals surface area (Å²) in [7, 11) is 0. The third-order valence-electron chi connectivity index (χ3n) is 1.56. The van der Waals surface area contributed by atoms with Crippen molar-refractivity contribution in [3.05, 3.63) is 31.2 Å². The largest absolute Gasteiger partial charge is 0.0877 e. The first-order valence-electron chi connectivity index (χ1n) is 4.49. The van der Waals surface area contributed by atoms with Gasteiger partial charge in [-0.3, -0.25) is 0 Å². The van der Waals surface area contributed by atoms with E-state index in [2.05, 4.69) is 25.2 Å². The second-order valence-electron chi connectivity index (χ2n) is 2.66. The summed E-state index contributed by atoms with van der Waals surface area (Å²) in [6.45, 7) is 5.84. The Hall–Kier alpha value is -0.520. The van der Waals surface area contributed by atoms with E-state index in [4.69, 9.17) is 0 Å². The first-order valence-corrected chi connectivity index (χ1v) is 4.49. The molecule has 0 fully saturated rings. The Kier molecular flexibility index (Phi) is 9.03. The predicted octanol–water partition coefficient (Wildman–Crippen LogP) is 3.90. The maximum atomic E-state index is 3.80. The van der Waals surface area contributed by atoms with Crippen molar-refractivity contribution in [3.8, 4) is 0 Å². The van der Waals surface area contributed by atoms with Crippen molar-refractivity contribution in [1.29, 1.82) is 0 Å². The van der Waals surface area contributed by atoms with Crippen molar-refractivity contribution in [2.24, 2.45) is 0 Å². The fourth-order valence-electron chi connectivity index (χ4n) is 0.902. The summed E-state index contributed by atoms with van der Waals surface area (Å²) in [6, 6.07) is 0. The molecule has 0 aliphatic heterocycles. The molecule has 0 amide bonds. The molecule has 0 nitrogen and oxygen atoms in total. The van der Waals surface area contributed by atoms with Crippen molar-refractivity contribution in [1.82, 2.24) is 0 Å². The third-order valence-corrected chi connectivity index (χ3v) is 1.56. The van der Waals surface area contributed by atoms with E-state index in [1.807, 2.05) is 13.0 Å².